The quantitative estimate of drug-likeness (QED) is 0.749. The van der Waals surface area contributed by atoms with Crippen molar-refractivity contribution in [2.45, 2.75) is 20.0 Å². The number of carbonyl (C=O) groups is 1. The SMILES string of the molecule is CC(=O)Nc1nc(CN(C)Cc2cnn(-c3ccccc3)c2)cs1. The second kappa shape index (κ2) is 7.37. The summed E-state index contributed by atoms with van der Waals surface area (Å²) in [6.07, 6.45) is 3.92. The monoisotopic (exact) mass is 341 g/mol. The first-order valence-corrected chi connectivity index (χ1v) is 8.47. The molecule has 2 heterocycles. The molecule has 0 saturated carbocycles. The van der Waals surface area contributed by atoms with Gasteiger partial charge in [-0.2, -0.15) is 5.10 Å². The highest BCUT2D eigenvalue weighted by Crippen LogP contribution is 2.17. The van der Waals surface area contributed by atoms with Gasteiger partial charge >= 0.3 is 0 Å². The Balaban J connectivity index is 1.59. The maximum atomic E-state index is 11.0. The molecular weight excluding hydrogens is 322 g/mol. The number of rotatable bonds is 6. The molecule has 1 amide bonds. The van der Waals surface area contributed by atoms with Crippen LogP contribution >= 0.6 is 11.3 Å². The van der Waals surface area contributed by atoms with Gasteiger partial charge in [0, 0.05) is 37.2 Å². The second-order valence-electron chi connectivity index (χ2n) is 5.63. The molecule has 0 aliphatic heterocycles. The Morgan fingerprint density at radius 3 is 2.83 bits per heavy atom. The zero-order valence-electron chi connectivity index (χ0n) is 13.6. The average molecular weight is 341 g/mol. The summed E-state index contributed by atoms with van der Waals surface area (Å²) in [6, 6.07) is 10.0. The van der Waals surface area contributed by atoms with E-state index in [1.165, 1.54) is 18.3 Å². The van der Waals surface area contributed by atoms with Crippen molar-refractivity contribution >= 4 is 22.4 Å². The lowest BCUT2D eigenvalue weighted by Crippen LogP contribution is -2.17. The van der Waals surface area contributed by atoms with Gasteiger partial charge in [0.15, 0.2) is 5.13 Å². The number of para-hydroxylation sites is 1. The molecule has 2 aromatic heterocycles. The first-order valence-electron chi connectivity index (χ1n) is 7.59. The fourth-order valence-corrected chi connectivity index (χ4v) is 3.14. The van der Waals surface area contributed by atoms with Crippen molar-refractivity contribution in [2.75, 3.05) is 12.4 Å². The van der Waals surface area contributed by atoms with Crippen LogP contribution in [0.25, 0.3) is 5.69 Å². The fraction of sp³-hybridized carbons (Fsp3) is 0.235. The second-order valence-corrected chi connectivity index (χ2v) is 6.48. The van der Waals surface area contributed by atoms with E-state index < -0.39 is 0 Å². The summed E-state index contributed by atoms with van der Waals surface area (Å²) in [5.74, 6) is -0.0995. The van der Waals surface area contributed by atoms with Gasteiger partial charge in [0.25, 0.3) is 0 Å². The third kappa shape index (κ3) is 4.27. The number of hydrogen-bond donors (Lipinski definition) is 1. The number of aromatic nitrogens is 3. The van der Waals surface area contributed by atoms with E-state index >= 15 is 0 Å². The van der Waals surface area contributed by atoms with Crippen LogP contribution < -0.4 is 5.32 Å². The Bertz CT molecular complexity index is 811. The number of thiazole rings is 1. The lowest BCUT2D eigenvalue weighted by molar-refractivity contribution is -0.114. The Morgan fingerprint density at radius 1 is 1.29 bits per heavy atom. The number of anilines is 1. The summed E-state index contributed by atoms with van der Waals surface area (Å²) in [5.41, 5.74) is 3.13. The molecule has 0 atom stereocenters. The zero-order chi connectivity index (χ0) is 16.9. The van der Waals surface area contributed by atoms with Crippen molar-refractivity contribution < 1.29 is 4.79 Å². The summed E-state index contributed by atoms with van der Waals surface area (Å²) in [6.45, 7) is 2.98. The number of nitrogens with zero attached hydrogens (tertiary/aromatic N) is 4. The molecule has 7 heteroatoms. The number of amides is 1. The molecule has 0 aliphatic carbocycles. The van der Waals surface area contributed by atoms with Crippen LogP contribution in [0.1, 0.15) is 18.2 Å². The first-order chi connectivity index (χ1) is 11.6. The van der Waals surface area contributed by atoms with Crippen LogP contribution in [-0.2, 0) is 17.9 Å². The van der Waals surface area contributed by atoms with Gasteiger partial charge in [-0.3, -0.25) is 9.69 Å². The average Bonchev–Trinajstić information content (AvgIpc) is 3.17. The summed E-state index contributed by atoms with van der Waals surface area (Å²) in [7, 11) is 2.04. The van der Waals surface area contributed by atoms with Crippen molar-refractivity contribution in [1.29, 1.82) is 0 Å². The topological polar surface area (TPSA) is 63.1 Å². The van der Waals surface area contributed by atoms with Crippen LogP contribution in [0.3, 0.4) is 0 Å². The number of nitrogens with one attached hydrogen (secondary N) is 1. The summed E-state index contributed by atoms with van der Waals surface area (Å²) in [5, 5.41) is 9.73. The predicted molar refractivity (Wildman–Crippen MR) is 95.2 cm³/mol. The maximum Gasteiger partial charge on any atom is 0.223 e. The number of hydrogen-bond acceptors (Lipinski definition) is 5. The molecule has 124 valence electrons. The van der Waals surface area contributed by atoms with Gasteiger partial charge in [-0.05, 0) is 19.2 Å². The van der Waals surface area contributed by atoms with E-state index in [1.807, 2.05) is 59.8 Å². The summed E-state index contributed by atoms with van der Waals surface area (Å²) in [4.78, 5) is 17.6. The molecule has 0 unspecified atom stereocenters. The number of carbonyl (C=O) groups excluding carboxylic acids is 1. The molecule has 0 spiro atoms. The van der Waals surface area contributed by atoms with Gasteiger partial charge in [-0.1, -0.05) is 18.2 Å². The molecule has 1 aromatic carbocycles. The predicted octanol–water partition coefficient (Wildman–Crippen LogP) is 2.92. The van der Waals surface area contributed by atoms with E-state index in [0.29, 0.717) is 11.7 Å². The Hall–Kier alpha value is -2.51. The molecular formula is C17H19N5OS. The van der Waals surface area contributed by atoms with Crippen LogP contribution in [0.4, 0.5) is 5.13 Å². The molecule has 0 aliphatic rings. The highest BCUT2D eigenvalue weighted by molar-refractivity contribution is 7.13. The smallest absolute Gasteiger partial charge is 0.223 e. The number of benzene rings is 1. The first kappa shape index (κ1) is 16.4. The van der Waals surface area contributed by atoms with E-state index in [9.17, 15) is 4.79 Å². The van der Waals surface area contributed by atoms with Crippen molar-refractivity contribution in [3.63, 3.8) is 0 Å². The molecule has 0 radical (unpaired) electrons. The van der Waals surface area contributed by atoms with Crippen molar-refractivity contribution in [1.82, 2.24) is 19.7 Å². The van der Waals surface area contributed by atoms with Crippen molar-refractivity contribution in [3.05, 3.63) is 59.4 Å². The van der Waals surface area contributed by atoms with E-state index in [4.69, 9.17) is 0 Å². The van der Waals surface area contributed by atoms with Crippen LogP contribution in [-0.4, -0.2) is 32.6 Å². The van der Waals surface area contributed by atoms with Crippen molar-refractivity contribution in [3.8, 4) is 5.69 Å². The van der Waals surface area contributed by atoms with Gasteiger partial charge in [0.1, 0.15) is 0 Å². The maximum absolute atomic E-state index is 11.0. The van der Waals surface area contributed by atoms with Gasteiger partial charge in [0.05, 0.1) is 17.6 Å². The minimum Gasteiger partial charge on any atom is -0.302 e. The fourth-order valence-electron chi connectivity index (χ4n) is 2.40. The lowest BCUT2D eigenvalue weighted by Gasteiger charge is -2.13. The van der Waals surface area contributed by atoms with E-state index in [0.717, 1.165) is 23.5 Å². The van der Waals surface area contributed by atoms with Crippen LogP contribution in [0, 0.1) is 0 Å². The molecule has 0 fully saturated rings. The molecule has 3 rings (SSSR count). The molecule has 0 saturated heterocycles. The minimum atomic E-state index is -0.0995. The third-order valence-corrected chi connectivity index (χ3v) is 4.18. The third-order valence-electron chi connectivity index (χ3n) is 3.38. The van der Waals surface area contributed by atoms with E-state index in [2.05, 4.69) is 20.3 Å². The standard InChI is InChI=1S/C17H19N5OS/c1-13(23)19-17-20-15(12-24-17)11-21(2)9-14-8-18-22(10-14)16-6-4-3-5-7-16/h3-8,10,12H,9,11H2,1-2H3,(H,19,20,23). The highest BCUT2D eigenvalue weighted by atomic mass is 32.1. The molecule has 6 nitrogen and oxygen atoms in total. The minimum absolute atomic E-state index is 0.0995. The molecule has 1 N–H and O–H groups in total. The van der Waals surface area contributed by atoms with E-state index in [-0.39, 0.29) is 5.91 Å². The zero-order valence-corrected chi connectivity index (χ0v) is 14.5. The van der Waals surface area contributed by atoms with E-state index in [1.54, 1.807) is 0 Å². The van der Waals surface area contributed by atoms with Gasteiger partial charge < -0.3 is 5.32 Å². The highest BCUT2D eigenvalue weighted by Gasteiger charge is 2.08. The van der Waals surface area contributed by atoms with Crippen LogP contribution in [0.5, 0.6) is 0 Å². The summed E-state index contributed by atoms with van der Waals surface area (Å²) < 4.78 is 1.88. The summed E-state index contributed by atoms with van der Waals surface area (Å²) >= 11 is 1.44. The largest absolute Gasteiger partial charge is 0.302 e. The Labute approximate surface area is 144 Å². The molecule has 0 bridgehead atoms. The Kier molecular flexibility index (Phi) is 5.02. The van der Waals surface area contributed by atoms with Gasteiger partial charge in [-0.25, -0.2) is 9.67 Å². The van der Waals surface area contributed by atoms with Gasteiger partial charge in [0.2, 0.25) is 5.91 Å². The Morgan fingerprint density at radius 2 is 2.08 bits per heavy atom. The van der Waals surface area contributed by atoms with Crippen molar-refractivity contribution in [2.24, 2.45) is 0 Å². The van der Waals surface area contributed by atoms with Crippen LogP contribution in [0.15, 0.2) is 48.1 Å². The van der Waals surface area contributed by atoms with Crippen LogP contribution in [0.2, 0.25) is 0 Å². The molecule has 3 aromatic rings. The van der Waals surface area contributed by atoms with Gasteiger partial charge in [-0.15, -0.1) is 11.3 Å². The molecule has 24 heavy (non-hydrogen) atoms. The lowest BCUT2D eigenvalue weighted by atomic mass is 10.3. The normalized spacial score (nSPS) is 11.0.